The molecule has 0 radical (unpaired) electrons. The predicted molar refractivity (Wildman–Crippen MR) is 81.4 cm³/mol. The first-order valence-corrected chi connectivity index (χ1v) is 7.70. The van der Waals surface area contributed by atoms with Gasteiger partial charge in [-0.2, -0.15) is 0 Å². The Hall–Kier alpha value is -2.02. The highest BCUT2D eigenvalue weighted by Gasteiger charge is 2.26. The van der Waals surface area contributed by atoms with E-state index < -0.39 is 0 Å². The lowest BCUT2D eigenvalue weighted by Gasteiger charge is -2.29. The summed E-state index contributed by atoms with van der Waals surface area (Å²) in [4.78, 5) is 36.5. The summed E-state index contributed by atoms with van der Waals surface area (Å²) in [5, 5.41) is 2.72. The number of amides is 2. The summed E-state index contributed by atoms with van der Waals surface area (Å²) in [7, 11) is 0. The molecule has 7 heteroatoms. The predicted octanol–water partition coefficient (Wildman–Crippen LogP) is 1.27. The average molecular weight is 308 g/mol. The molecule has 21 heavy (non-hydrogen) atoms. The number of ether oxygens (including phenoxy) is 1. The van der Waals surface area contributed by atoms with Crippen LogP contribution in [0.25, 0.3) is 0 Å². The van der Waals surface area contributed by atoms with Crippen LogP contribution in [0.1, 0.15) is 6.92 Å². The average Bonchev–Trinajstić information content (AvgIpc) is 2.46. The number of fused-ring (bicyclic) bond motifs is 1. The molecule has 1 aromatic carbocycles. The van der Waals surface area contributed by atoms with E-state index in [0.29, 0.717) is 18.0 Å². The summed E-state index contributed by atoms with van der Waals surface area (Å²) in [6, 6.07) is 7.13. The second-order valence-electron chi connectivity index (χ2n) is 4.34. The SMILES string of the molecule is CCOC(=O)CSCC(=O)N1CC(=O)Nc2ccccc21. The van der Waals surface area contributed by atoms with Crippen molar-refractivity contribution >= 4 is 40.9 Å². The Morgan fingerprint density at radius 3 is 2.86 bits per heavy atom. The minimum atomic E-state index is -0.341. The van der Waals surface area contributed by atoms with Gasteiger partial charge in [0.2, 0.25) is 11.8 Å². The quantitative estimate of drug-likeness (QED) is 0.829. The number of para-hydroxylation sites is 2. The van der Waals surface area contributed by atoms with Gasteiger partial charge in [-0.25, -0.2) is 0 Å². The number of carbonyl (C=O) groups is 3. The van der Waals surface area contributed by atoms with E-state index in [1.54, 1.807) is 25.1 Å². The molecule has 0 saturated heterocycles. The molecule has 1 aliphatic heterocycles. The van der Waals surface area contributed by atoms with Crippen molar-refractivity contribution in [3.8, 4) is 0 Å². The summed E-state index contributed by atoms with van der Waals surface area (Å²) in [5.74, 6) is -0.516. The van der Waals surface area contributed by atoms with Crippen molar-refractivity contribution < 1.29 is 19.1 Å². The largest absolute Gasteiger partial charge is 0.465 e. The van der Waals surface area contributed by atoms with Crippen molar-refractivity contribution in [2.45, 2.75) is 6.92 Å². The van der Waals surface area contributed by atoms with Crippen molar-refractivity contribution in [3.05, 3.63) is 24.3 Å². The molecule has 1 aromatic rings. The second-order valence-corrected chi connectivity index (χ2v) is 5.33. The van der Waals surface area contributed by atoms with E-state index in [4.69, 9.17) is 4.74 Å². The van der Waals surface area contributed by atoms with E-state index >= 15 is 0 Å². The fraction of sp³-hybridized carbons (Fsp3) is 0.357. The Kier molecular flexibility index (Phi) is 5.21. The minimum Gasteiger partial charge on any atom is -0.465 e. The molecule has 2 amide bonds. The van der Waals surface area contributed by atoms with Crippen LogP contribution in [0, 0.1) is 0 Å². The van der Waals surface area contributed by atoms with Gasteiger partial charge in [0.05, 0.1) is 29.5 Å². The van der Waals surface area contributed by atoms with Crippen LogP contribution in [0.3, 0.4) is 0 Å². The molecular formula is C14H16N2O4S. The Morgan fingerprint density at radius 1 is 1.33 bits per heavy atom. The van der Waals surface area contributed by atoms with Crippen molar-refractivity contribution in [1.29, 1.82) is 0 Å². The van der Waals surface area contributed by atoms with E-state index in [9.17, 15) is 14.4 Å². The molecular weight excluding hydrogens is 292 g/mol. The number of hydrogen-bond acceptors (Lipinski definition) is 5. The van der Waals surface area contributed by atoms with Gasteiger partial charge in [0.25, 0.3) is 0 Å². The lowest BCUT2D eigenvalue weighted by molar-refractivity contribution is -0.139. The molecule has 0 aliphatic carbocycles. The summed E-state index contributed by atoms with van der Waals surface area (Å²) in [6.45, 7) is 2.06. The van der Waals surface area contributed by atoms with Crippen molar-refractivity contribution in [1.82, 2.24) is 0 Å². The summed E-state index contributed by atoms with van der Waals surface area (Å²) in [5.41, 5.74) is 1.30. The smallest absolute Gasteiger partial charge is 0.315 e. The van der Waals surface area contributed by atoms with Gasteiger partial charge in [-0.1, -0.05) is 12.1 Å². The van der Waals surface area contributed by atoms with Gasteiger partial charge in [0.1, 0.15) is 6.54 Å². The molecule has 0 aromatic heterocycles. The normalized spacial score (nSPS) is 13.4. The van der Waals surface area contributed by atoms with Crippen LogP contribution < -0.4 is 10.2 Å². The van der Waals surface area contributed by atoms with Crippen LogP contribution >= 0.6 is 11.8 Å². The zero-order chi connectivity index (χ0) is 15.2. The van der Waals surface area contributed by atoms with Gasteiger partial charge in [-0.3, -0.25) is 14.4 Å². The fourth-order valence-corrected chi connectivity index (χ4v) is 2.64. The van der Waals surface area contributed by atoms with Crippen LogP contribution in [0.2, 0.25) is 0 Å². The molecule has 0 unspecified atom stereocenters. The molecule has 0 atom stereocenters. The standard InChI is InChI=1S/C14H16N2O4S/c1-2-20-14(19)9-21-8-13(18)16-7-12(17)15-10-5-3-4-6-11(10)16/h3-6H,2,7-9H2,1H3,(H,15,17). The monoisotopic (exact) mass is 308 g/mol. The third-order valence-electron chi connectivity index (χ3n) is 2.82. The van der Waals surface area contributed by atoms with E-state index in [1.165, 1.54) is 16.7 Å². The molecule has 112 valence electrons. The number of esters is 1. The van der Waals surface area contributed by atoms with Crippen LogP contribution in [0.15, 0.2) is 24.3 Å². The highest BCUT2D eigenvalue weighted by Crippen LogP contribution is 2.29. The highest BCUT2D eigenvalue weighted by molar-refractivity contribution is 8.00. The molecule has 0 bridgehead atoms. The van der Waals surface area contributed by atoms with Gasteiger partial charge in [-0.15, -0.1) is 11.8 Å². The Labute approximate surface area is 126 Å². The number of rotatable bonds is 5. The van der Waals surface area contributed by atoms with Gasteiger partial charge in [0.15, 0.2) is 0 Å². The van der Waals surface area contributed by atoms with Gasteiger partial charge < -0.3 is 15.0 Å². The molecule has 1 heterocycles. The highest BCUT2D eigenvalue weighted by atomic mass is 32.2. The summed E-state index contributed by atoms with van der Waals surface area (Å²) in [6.07, 6.45) is 0. The molecule has 0 spiro atoms. The number of nitrogens with one attached hydrogen (secondary N) is 1. The van der Waals surface area contributed by atoms with E-state index in [1.807, 2.05) is 6.07 Å². The first-order valence-electron chi connectivity index (χ1n) is 6.54. The van der Waals surface area contributed by atoms with E-state index in [-0.39, 0.29) is 35.8 Å². The number of benzene rings is 1. The molecule has 1 N–H and O–H groups in total. The van der Waals surface area contributed by atoms with Crippen LogP contribution in [-0.2, 0) is 19.1 Å². The minimum absolute atomic E-state index is 0.00415. The first kappa shape index (κ1) is 15.4. The maximum absolute atomic E-state index is 12.2. The number of nitrogens with zero attached hydrogens (tertiary/aromatic N) is 1. The van der Waals surface area contributed by atoms with Crippen LogP contribution in [0.5, 0.6) is 0 Å². The number of carbonyl (C=O) groups excluding carboxylic acids is 3. The van der Waals surface area contributed by atoms with Gasteiger partial charge in [0, 0.05) is 0 Å². The van der Waals surface area contributed by atoms with Crippen molar-refractivity contribution in [2.75, 3.05) is 34.9 Å². The van der Waals surface area contributed by atoms with Crippen molar-refractivity contribution in [2.24, 2.45) is 0 Å². The number of thioether (sulfide) groups is 1. The molecule has 0 saturated carbocycles. The maximum Gasteiger partial charge on any atom is 0.315 e. The first-order chi connectivity index (χ1) is 10.1. The molecule has 1 aliphatic rings. The molecule has 0 fully saturated rings. The lowest BCUT2D eigenvalue weighted by Crippen LogP contribution is -2.43. The zero-order valence-electron chi connectivity index (χ0n) is 11.6. The Bertz CT molecular complexity index is 562. The fourth-order valence-electron chi connectivity index (χ4n) is 1.96. The Balaban J connectivity index is 1.96. The Morgan fingerprint density at radius 2 is 2.10 bits per heavy atom. The number of anilines is 2. The lowest BCUT2D eigenvalue weighted by atomic mass is 10.2. The van der Waals surface area contributed by atoms with Crippen molar-refractivity contribution in [3.63, 3.8) is 0 Å². The third-order valence-corrected chi connectivity index (χ3v) is 3.71. The zero-order valence-corrected chi connectivity index (χ0v) is 12.4. The second kappa shape index (κ2) is 7.12. The number of hydrogen-bond donors (Lipinski definition) is 1. The molecule has 6 nitrogen and oxygen atoms in total. The van der Waals surface area contributed by atoms with Crippen LogP contribution in [0.4, 0.5) is 11.4 Å². The topological polar surface area (TPSA) is 75.7 Å². The van der Waals surface area contributed by atoms with Crippen LogP contribution in [-0.4, -0.2) is 42.4 Å². The van der Waals surface area contributed by atoms with E-state index in [2.05, 4.69) is 5.32 Å². The molecule has 2 rings (SSSR count). The third kappa shape index (κ3) is 3.98. The maximum atomic E-state index is 12.2. The van der Waals surface area contributed by atoms with E-state index in [0.717, 1.165) is 0 Å². The van der Waals surface area contributed by atoms with Gasteiger partial charge >= 0.3 is 5.97 Å². The summed E-state index contributed by atoms with van der Waals surface area (Å²) < 4.78 is 4.79. The van der Waals surface area contributed by atoms with Gasteiger partial charge in [-0.05, 0) is 19.1 Å². The summed E-state index contributed by atoms with van der Waals surface area (Å²) >= 11 is 1.18.